The van der Waals surface area contributed by atoms with E-state index in [4.69, 9.17) is 23.4 Å². The molecule has 0 amide bonds. The van der Waals surface area contributed by atoms with Crippen molar-refractivity contribution in [2.75, 3.05) is 0 Å². The lowest BCUT2D eigenvalue weighted by Gasteiger charge is -2.63. The van der Waals surface area contributed by atoms with Gasteiger partial charge >= 0.3 is 17.9 Å². The third kappa shape index (κ3) is 3.94. The van der Waals surface area contributed by atoms with Gasteiger partial charge in [0, 0.05) is 13.3 Å². The van der Waals surface area contributed by atoms with E-state index in [-0.39, 0.29) is 17.9 Å². The van der Waals surface area contributed by atoms with Crippen molar-refractivity contribution in [3.63, 3.8) is 0 Å². The van der Waals surface area contributed by atoms with Crippen molar-refractivity contribution in [1.29, 1.82) is 0 Å². The Hall–Kier alpha value is -3.17. The van der Waals surface area contributed by atoms with Gasteiger partial charge in [-0.3, -0.25) is 4.79 Å². The summed E-state index contributed by atoms with van der Waals surface area (Å²) in [7, 11) is 0. The SMILES string of the molecule is CC(=O)O[C@@H]1C[C@](C)(O)[C@@]23C[C@@H](C[C@H](OC(=O)c4ccccc4)[C@]2(C)[C@H]1OC(=O)c1ccoc1)C(C)(C)O3. The maximum absolute atomic E-state index is 13.3. The van der Waals surface area contributed by atoms with Gasteiger partial charge in [-0.1, -0.05) is 18.2 Å². The average Bonchev–Trinajstić information content (AvgIpc) is 3.46. The molecule has 1 spiro atoms. The van der Waals surface area contributed by atoms with E-state index < -0.39 is 58.4 Å². The van der Waals surface area contributed by atoms with Crippen molar-refractivity contribution < 1.29 is 42.9 Å². The zero-order valence-electron chi connectivity index (χ0n) is 22.3. The fourth-order valence-corrected chi connectivity index (χ4v) is 7.02. The minimum atomic E-state index is -1.51. The van der Waals surface area contributed by atoms with Crippen LogP contribution in [0.15, 0.2) is 53.3 Å². The molecule has 2 saturated carbocycles. The quantitative estimate of drug-likeness (QED) is 0.454. The molecule has 1 saturated heterocycles. The predicted molar refractivity (Wildman–Crippen MR) is 133 cm³/mol. The van der Waals surface area contributed by atoms with E-state index in [9.17, 15) is 19.5 Å². The van der Waals surface area contributed by atoms with Crippen molar-refractivity contribution in [2.45, 2.75) is 89.0 Å². The molecule has 1 aromatic heterocycles. The van der Waals surface area contributed by atoms with Gasteiger partial charge in [-0.2, -0.15) is 0 Å². The Morgan fingerprint density at radius 2 is 1.61 bits per heavy atom. The van der Waals surface area contributed by atoms with Crippen molar-refractivity contribution in [1.82, 2.24) is 0 Å². The molecule has 0 unspecified atom stereocenters. The average molecular weight is 527 g/mol. The van der Waals surface area contributed by atoms with E-state index >= 15 is 0 Å². The number of aliphatic hydroxyl groups is 1. The van der Waals surface area contributed by atoms with E-state index in [0.717, 1.165) is 0 Å². The number of carbonyl (C=O) groups excluding carboxylic acids is 3. The lowest BCUT2D eigenvalue weighted by molar-refractivity contribution is -0.322. The zero-order valence-corrected chi connectivity index (χ0v) is 22.3. The molecular formula is C29H34O9. The first kappa shape index (κ1) is 26.4. The van der Waals surface area contributed by atoms with E-state index in [1.165, 1.54) is 25.5 Å². The van der Waals surface area contributed by atoms with Crippen LogP contribution in [-0.4, -0.2) is 58.1 Å². The molecule has 5 rings (SSSR count). The maximum Gasteiger partial charge on any atom is 0.341 e. The molecule has 204 valence electrons. The molecule has 1 aromatic carbocycles. The fraction of sp³-hybridized carbons (Fsp3) is 0.552. The summed E-state index contributed by atoms with van der Waals surface area (Å²) in [6, 6.07) is 10.1. The first-order chi connectivity index (χ1) is 17.8. The smallest absolute Gasteiger partial charge is 0.341 e. The summed E-state index contributed by atoms with van der Waals surface area (Å²) in [6.45, 7) is 8.61. The van der Waals surface area contributed by atoms with Crippen LogP contribution >= 0.6 is 0 Å². The number of fused-ring (bicyclic) bond motifs is 1. The second-order valence-electron chi connectivity index (χ2n) is 11.7. The zero-order chi connectivity index (χ0) is 27.5. The van der Waals surface area contributed by atoms with Crippen LogP contribution < -0.4 is 0 Å². The molecule has 2 aliphatic carbocycles. The second kappa shape index (κ2) is 8.95. The second-order valence-corrected chi connectivity index (χ2v) is 11.7. The molecule has 7 atom stereocenters. The van der Waals surface area contributed by atoms with Gasteiger partial charge in [-0.25, -0.2) is 9.59 Å². The Morgan fingerprint density at radius 3 is 2.24 bits per heavy atom. The number of ether oxygens (including phenoxy) is 4. The number of hydrogen-bond acceptors (Lipinski definition) is 9. The largest absolute Gasteiger partial charge is 0.472 e. The molecule has 1 aliphatic heterocycles. The highest BCUT2D eigenvalue weighted by atomic mass is 16.6. The van der Waals surface area contributed by atoms with Gasteiger partial charge in [0.05, 0.1) is 34.0 Å². The van der Waals surface area contributed by atoms with Gasteiger partial charge in [-0.05, 0) is 64.7 Å². The van der Waals surface area contributed by atoms with Crippen LogP contribution in [0, 0.1) is 11.3 Å². The monoisotopic (exact) mass is 526 g/mol. The number of benzene rings is 1. The molecule has 2 aromatic rings. The van der Waals surface area contributed by atoms with Crippen LogP contribution in [0.3, 0.4) is 0 Å². The molecule has 2 bridgehead atoms. The van der Waals surface area contributed by atoms with Crippen molar-refractivity contribution in [2.24, 2.45) is 11.3 Å². The standard InChI is InChI=1S/C29H34O9/c1-17(30)35-21-15-27(4,33)29-14-20(26(2,3)38-29)13-22(36-24(31)18-9-7-6-8-10-18)28(29,5)23(21)37-25(32)19-11-12-34-16-19/h6-12,16,20-23,33H,13-15H2,1-5H3/t20-,21-,22+,23+,27+,28-,29+/m1/s1. The normalized spacial score (nSPS) is 37.1. The Bertz CT molecular complexity index is 1220. The van der Waals surface area contributed by atoms with Crippen LogP contribution in [0.1, 0.15) is 74.6 Å². The number of rotatable bonds is 5. The molecule has 38 heavy (non-hydrogen) atoms. The minimum Gasteiger partial charge on any atom is -0.472 e. The van der Waals surface area contributed by atoms with E-state index in [1.54, 1.807) is 44.2 Å². The number of hydrogen-bond donors (Lipinski definition) is 1. The molecular weight excluding hydrogens is 492 g/mol. The van der Waals surface area contributed by atoms with Crippen LogP contribution in [0.25, 0.3) is 0 Å². The maximum atomic E-state index is 13.3. The van der Waals surface area contributed by atoms with E-state index in [1.807, 2.05) is 13.8 Å². The number of esters is 3. The van der Waals surface area contributed by atoms with Crippen molar-refractivity contribution in [3.8, 4) is 0 Å². The summed E-state index contributed by atoms with van der Waals surface area (Å²) >= 11 is 0. The number of furan rings is 1. The number of carbonyl (C=O) groups is 3. The van der Waals surface area contributed by atoms with Crippen molar-refractivity contribution >= 4 is 17.9 Å². The van der Waals surface area contributed by atoms with Gasteiger partial charge < -0.3 is 28.5 Å². The lowest BCUT2D eigenvalue weighted by Crippen LogP contribution is -2.77. The summed E-state index contributed by atoms with van der Waals surface area (Å²) in [5.74, 6) is -1.87. The van der Waals surface area contributed by atoms with Gasteiger partial charge in [0.1, 0.15) is 24.1 Å². The van der Waals surface area contributed by atoms with Gasteiger partial charge in [-0.15, -0.1) is 0 Å². The first-order valence-corrected chi connectivity index (χ1v) is 12.9. The van der Waals surface area contributed by atoms with Gasteiger partial charge in [0.25, 0.3) is 0 Å². The molecule has 9 heteroatoms. The molecule has 1 N–H and O–H groups in total. The minimum absolute atomic E-state index is 0.0341. The van der Waals surface area contributed by atoms with Crippen LogP contribution in [0.4, 0.5) is 0 Å². The van der Waals surface area contributed by atoms with Crippen LogP contribution in [0.5, 0.6) is 0 Å². The summed E-state index contributed by atoms with van der Waals surface area (Å²) in [5.41, 5.74) is -4.18. The Labute approximate surface area is 221 Å². The predicted octanol–water partition coefficient (Wildman–Crippen LogP) is 4.08. The Morgan fingerprint density at radius 1 is 0.921 bits per heavy atom. The summed E-state index contributed by atoms with van der Waals surface area (Å²) in [5, 5.41) is 12.0. The molecule has 0 radical (unpaired) electrons. The van der Waals surface area contributed by atoms with Gasteiger partial charge in [0.2, 0.25) is 0 Å². The topological polar surface area (TPSA) is 122 Å². The molecule has 2 heterocycles. The van der Waals surface area contributed by atoms with E-state index in [0.29, 0.717) is 18.4 Å². The summed E-state index contributed by atoms with van der Waals surface area (Å²) in [4.78, 5) is 38.7. The molecule has 9 nitrogen and oxygen atoms in total. The highest BCUT2D eigenvalue weighted by Crippen LogP contribution is 2.68. The molecule has 3 aliphatic rings. The van der Waals surface area contributed by atoms with E-state index in [2.05, 4.69) is 0 Å². The van der Waals surface area contributed by atoms with Crippen LogP contribution in [0.2, 0.25) is 0 Å². The lowest BCUT2D eigenvalue weighted by atomic mass is 9.48. The third-order valence-electron chi connectivity index (χ3n) is 8.96. The summed E-state index contributed by atoms with van der Waals surface area (Å²) < 4.78 is 29.8. The summed E-state index contributed by atoms with van der Waals surface area (Å²) in [6.07, 6.45) is 0.498. The Balaban J connectivity index is 1.64. The first-order valence-electron chi connectivity index (χ1n) is 12.9. The fourth-order valence-electron chi connectivity index (χ4n) is 7.02. The Kier molecular flexibility index (Phi) is 6.23. The van der Waals surface area contributed by atoms with Crippen LogP contribution in [-0.2, 0) is 23.7 Å². The van der Waals surface area contributed by atoms with Gasteiger partial charge in [0.15, 0.2) is 6.10 Å². The highest BCUT2D eigenvalue weighted by Gasteiger charge is 2.79. The highest BCUT2D eigenvalue weighted by molar-refractivity contribution is 5.90. The molecule has 3 fully saturated rings. The third-order valence-corrected chi connectivity index (χ3v) is 8.96. The van der Waals surface area contributed by atoms with Crippen molar-refractivity contribution in [3.05, 3.63) is 60.1 Å².